The van der Waals surface area contributed by atoms with Crippen molar-refractivity contribution in [2.45, 2.75) is 5.92 Å². The van der Waals surface area contributed by atoms with E-state index in [1.807, 2.05) is 6.07 Å². The Kier molecular flexibility index (Phi) is 2.82. The van der Waals surface area contributed by atoms with Crippen LogP contribution in [0.1, 0.15) is 17.0 Å². The molecule has 0 bridgehead atoms. The first-order valence-corrected chi connectivity index (χ1v) is 3.67. The summed E-state index contributed by atoms with van der Waals surface area (Å²) < 4.78 is 12.2. The van der Waals surface area contributed by atoms with E-state index in [2.05, 4.69) is 6.92 Å². The summed E-state index contributed by atoms with van der Waals surface area (Å²) in [5.41, 5.74) is 1.33. The largest absolute Gasteiger partial charge is 0.250 e. The lowest BCUT2D eigenvalue weighted by atomic mass is 10.0. The normalized spacial score (nSPS) is 12.1. The fourth-order valence-corrected chi connectivity index (χ4v) is 0.951. The molecule has 61 valence electrons. The second kappa shape index (κ2) is 3.87. The monoisotopic (exact) mass is 162 g/mol. The number of halogens is 1. The quantitative estimate of drug-likeness (QED) is 0.655. The molecule has 0 saturated heterocycles. The van der Waals surface area contributed by atoms with Crippen molar-refractivity contribution in [3.8, 4) is 6.07 Å². The van der Waals surface area contributed by atoms with Crippen LogP contribution in [-0.4, -0.2) is 6.67 Å². The summed E-state index contributed by atoms with van der Waals surface area (Å²) in [6, 6.07) is 8.86. The van der Waals surface area contributed by atoms with Gasteiger partial charge in [-0.2, -0.15) is 5.26 Å². The van der Waals surface area contributed by atoms with Crippen LogP contribution in [0.3, 0.4) is 0 Å². The van der Waals surface area contributed by atoms with Gasteiger partial charge in [0.05, 0.1) is 18.3 Å². The molecule has 1 nitrogen and oxygen atoms in total. The average Bonchev–Trinajstić information content (AvgIpc) is 2.17. The van der Waals surface area contributed by atoms with Crippen molar-refractivity contribution in [2.24, 2.45) is 0 Å². The van der Waals surface area contributed by atoms with E-state index >= 15 is 0 Å². The third-order valence-electron chi connectivity index (χ3n) is 1.67. The third kappa shape index (κ3) is 1.82. The third-order valence-corrected chi connectivity index (χ3v) is 1.67. The SMILES string of the molecule is [CH2]C(CF)c1cccc(C#N)c1. The summed E-state index contributed by atoms with van der Waals surface area (Å²) in [6.45, 7) is 3.13. The fraction of sp³-hybridized carbons (Fsp3) is 0.200. The van der Waals surface area contributed by atoms with E-state index in [0.717, 1.165) is 5.56 Å². The molecule has 0 fully saturated rings. The first kappa shape index (κ1) is 8.73. The van der Waals surface area contributed by atoms with Gasteiger partial charge in [-0.3, -0.25) is 4.39 Å². The van der Waals surface area contributed by atoms with Gasteiger partial charge in [0.15, 0.2) is 0 Å². The number of nitriles is 1. The van der Waals surface area contributed by atoms with Crippen LogP contribution in [0.5, 0.6) is 0 Å². The van der Waals surface area contributed by atoms with Gasteiger partial charge in [-0.05, 0) is 24.6 Å². The van der Waals surface area contributed by atoms with Crippen molar-refractivity contribution in [1.29, 1.82) is 5.26 Å². The molecule has 2 heteroatoms. The maximum atomic E-state index is 12.2. The molecule has 0 aliphatic rings. The topological polar surface area (TPSA) is 23.8 Å². The van der Waals surface area contributed by atoms with Gasteiger partial charge in [0, 0.05) is 5.92 Å². The van der Waals surface area contributed by atoms with Gasteiger partial charge in [-0.15, -0.1) is 0 Å². The molecule has 1 radical (unpaired) electrons. The summed E-state index contributed by atoms with van der Waals surface area (Å²) in [4.78, 5) is 0. The molecule has 0 aliphatic heterocycles. The molecule has 0 aliphatic carbocycles. The summed E-state index contributed by atoms with van der Waals surface area (Å²) >= 11 is 0. The molecular formula is C10H9FN. The molecule has 12 heavy (non-hydrogen) atoms. The second-order valence-corrected chi connectivity index (χ2v) is 2.59. The number of benzene rings is 1. The number of nitrogens with zero attached hydrogens (tertiary/aromatic N) is 1. The maximum absolute atomic E-state index is 12.2. The molecule has 1 rings (SSSR count). The highest BCUT2D eigenvalue weighted by molar-refractivity contribution is 5.34. The van der Waals surface area contributed by atoms with Crippen molar-refractivity contribution >= 4 is 0 Å². The van der Waals surface area contributed by atoms with E-state index in [-0.39, 0.29) is 5.92 Å². The first-order chi connectivity index (χ1) is 5.77. The molecule has 0 spiro atoms. The van der Waals surface area contributed by atoms with Crippen LogP contribution in [0, 0.1) is 18.3 Å². The zero-order valence-corrected chi connectivity index (χ0v) is 6.63. The molecule has 0 heterocycles. The Labute approximate surface area is 71.4 Å². The molecule has 1 aromatic carbocycles. The molecular weight excluding hydrogens is 153 g/mol. The van der Waals surface area contributed by atoms with E-state index < -0.39 is 6.67 Å². The Bertz CT molecular complexity index is 301. The van der Waals surface area contributed by atoms with Crippen LogP contribution < -0.4 is 0 Å². The fourth-order valence-electron chi connectivity index (χ4n) is 0.951. The number of alkyl halides is 1. The van der Waals surface area contributed by atoms with Crippen molar-refractivity contribution < 1.29 is 4.39 Å². The summed E-state index contributed by atoms with van der Waals surface area (Å²) in [6.07, 6.45) is 0. The van der Waals surface area contributed by atoms with Gasteiger partial charge < -0.3 is 0 Å². The van der Waals surface area contributed by atoms with Gasteiger partial charge in [0.25, 0.3) is 0 Å². The lowest BCUT2D eigenvalue weighted by Gasteiger charge is -2.05. The highest BCUT2D eigenvalue weighted by Crippen LogP contribution is 2.15. The van der Waals surface area contributed by atoms with Gasteiger partial charge in [0.2, 0.25) is 0 Å². The second-order valence-electron chi connectivity index (χ2n) is 2.59. The lowest BCUT2D eigenvalue weighted by molar-refractivity contribution is 0.465. The van der Waals surface area contributed by atoms with Crippen molar-refractivity contribution in [3.63, 3.8) is 0 Å². The van der Waals surface area contributed by atoms with Crippen LogP contribution >= 0.6 is 0 Å². The van der Waals surface area contributed by atoms with Crippen molar-refractivity contribution in [1.82, 2.24) is 0 Å². The number of hydrogen-bond acceptors (Lipinski definition) is 1. The molecule has 0 amide bonds. The smallest absolute Gasteiger partial charge is 0.0991 e. The average molecular weight is 162 g/mol. The minimum absolute atomic E-state index is 0.363. The molecule has 1 aromatic rings. The Morgan fingerprint density at radius 1 is 1.58 bits per heavy atom. The predicted molar refractivity (Wildman–Crippen MR) is 45.2 cm³/mol. The number of hydrogen-bond donors (Lipinski definition) is 0. The van der Waals surface area contributed by atoms with E-state index in [1.54, 1.807) is 24.3 Å². The van der Waals surface area contributed by atoms with Gasteiger partial charge in [-0.1, -0.05) is 12.1 Å². The summed E-state index contributed by atoms with van der Waals surface area (Å²) in [7, 11) is 0. The maximum Gasteiger partial charge on any atom is 0.0991 e. The van der Waals surface area contributed by atoms with Gasteiger partial charge in [-0.25, -0.2) is 0 Å². The van der Waals surface area contributed by atoms with Crippen LogP contribution in [0.15, 0.2) is 24.3 Å². The molecule has 1 atom stereocenters. The summed E-state index contributed by atoms with van der Waals surface area (Å²) in [5.74, 6) is -0.363. The van der Waals surface area contributed by atoms with Crippen LogP contribution in [-0.2, 0) is 0 Å². The minimum Gasteiger partial charge on any atom is -0.250 e. The van der Waals surface area contributed by atoms with E-state index in [1.165, 1.54) is 0 Å². The summed E-state index contributed by atoms with van der Waals surface area (Å²) in [5, 5.41) is 8.55. The van der Waals surface area contributed by atoms with Gasteiger partial charge in [0.1, 0.15) is 0 Å². The molecule has 0 N–H and O–H groups in total. The number of rotatable bonds is 2. The zero-order valence-electron chi connectivity index (χ0n) is 6.63. The Balaban J connectivity index is 2.95. The Morgan fingerprint density at radius 2 is 2.33 bits per heavy atom. The van der Waals surface area contributed by atoms with Crippen molar-refractivity contribution in [3.05, 3.63) is 42.3 Å². The molecule has 0 saturated carbocycles. The highest BCUT2D eigenvalue weighted by Gasteiger charge is 2.04. The first-order valence-electron chi connectivity index (χ1n) is 3.67. The molecule has 1 unspecified atom stereocenters. The van der Waals surface area contributed by atoms with Crippen LogP contribution in [0.4, 0.5) is 4.39 Å². The lowest BCUT2D eigenvalue weighted by Crippen LogP contribution is -1.95. The predicted octanol–water partition coefficient (Wildman–Crippen LogP) is 2.45. The minimum atomic E-state index is -0.491. The van der Waals surface area contributed by atoms with Crippen molar-refractivity contribution in [2.75, 3.05) is 6.67 Å². The molecule has 0 aromatic heterocycles. The van der Waals surface area contributed by atoms with Crippen LogP contribution in [0.2, 0.25) is 0 Å². The van der Waals surface area contributed by atoms with E-state index in [0.29, 0.717) is 5.56 Å². The van der Waals surface area contributed by atoms with Crippen LogP contribution in [0.25, 0.3) is 0 Å². The standard InChI is InChI=1S/C10H9FN/c1-8(6-11)10-4-2-3-9(5-10)7-12/h2-5,8H,1,6H2. The Morgan fingerprint density at radius 3 is 2.92 bits per heavy atom. The Hall–Kier alpha value is -1.36. The van der Waals surface area contributed by atoms with E-state index in [4.69, 9.17) is 5.26 Å². The van der Waals surface area contributed by atoms with E-state index in [9.17, 15) is 4.39 Å². The highest BCUT2D eigenvalue weighted by atomic mass is 19.1. The van der Waals surface area contributed by atoms with Gasteiger partial charge >= 0.3 is 0 Å². The zero-order chi connectivity index (χ0) is 8.97.